The molecule has 0 aromatic heterocycles. The molecule has 0 aliphatic rings. The van der Waals surface area contributed by atoms with Gasteiger partial charge in [-0.3, -0.25) is 0 Å². The van der Waals surface area contributed by atoms with Gasteiger partial charge in [-0.2, -0.15) is 12.6 Å². The van der Waals surface area contributed by atoms with Crippen molar-refractivity contribution in [3.63, 3.8) is 0 Å². The van der Waals surface area contributed by atoms with Crippen LogP contribution in [0.2, 0.25) is 0 Å². The van der Waals surface area contributed by atoms with Crippen LogP contribution in [0.4, 0.5) is 5.69 Å². The number of benzene rings is 1. The first-order valence-electron chi connectivity index (χ1n) is 5.24. The Morgan fingerprint density at radius 2 is 2.13 bits per heavy atom. The van der Waals surface area contributed by atoms with E-state index in [0.717, 1.165) is 24.5 Å². The van der Waals surface area contributed by atoms with E-state index in [1.807, 2.05) is 12.1 Å². The van der Waals surface area contributed by atoms with Crippen molar-refractivity contribution in [1.29, 1.82) is 0 Å². The molecule has 0 aliphatic heterocycles. The van der Waals surface area contributed by atoms with Crippen LogP contribution < -0.4 is 9.64 Å². The number of hydrogen-bond donors (Lipinski definition) is 1. The van der Waals surface area contributed by atoms with Gasteiger partial charge >= 0.3 is 0 Å². The van der Waals surface area contributed by atoms with E-state index in [9.17, 15) is 0 Å². The summed E-state index contributed by atoms with van der Waals surface area (Å²) in [6, 6.07) is 8.14. The Balaban J connectivity index is 2.52. The van der Waals surface area contributed by atoms with E-state index >= 15 is 0 Å². The molecule has 0 atom stereocenters. The van der Waals surface area contributed by atoms with Crippen LogP contribution in [-0.4, -0.2) is 26.5 Å². The molecule has 0 N–H and O–H groups in total. The number of methoxy groups -OCH3 is 1. The molecule has 0 unspecified atom stereocenters. The highest BCUT2D eigenvalue weighted by Gasteiger charge is 2.01. The summed E-state index contributed by atoms with van der Waals surface area (Å²) in [5, 5.41) is 0. The molecular formula is C12H19NOS. The quantitative estimate of drug-likeness (QED) is 0.590. The Bertz CT molecular complexity index is 291. The first kappa shape index (κ1) is 12.2. The molecule has 2 nitrogen and oxygen atoms in total. The van der Waals surface area contributed by atoms with Crippen LogP contribution in [0.3, 0.4) is 0 Å². The molecule has 0 amide bonds. The average molecular weight is 225 g/mol. The zero-order chi connectivity index (χ0) is 11.1. The minimum Gasteiger partial charge on any atom is -0.497 e. The Morgan fingerprint density at radius 3 is 2.80 bits per heavy atom. The van der Waals surface area contributed by atoms with E-state index < -0.39 is 0 Å². The molecule has 1 rings (SSSR count). The third-order valence-corrected chi connectivity index (χ3v) is 2.71. The third-order valence-electron chi connectivity index (χ3n) is 2.40. The van der Waals surface area contributed by atoms with Crippen molar-refractivity contribution in [2.45, 2.75) is 12.8 Å². The number of thiol groups is 1. The SMILES string of the molecule is COc1cccc(N(C)CCCCS)c1. The predicted molar refractivity (Wildman–Crippen MR) is 69.4 cm³/mol. The molecule has 0 spiro atoms. The Hall–Kier alpha value is -0.830. The van der Waals surface area contributed by atoms with E-state index in [2.05, 4.69) is 36.7 Å². The average Bonchev–Trinajstić information content (AvgIpc) is 2.29. The highest BCUT2D eigenvalue weighted by molar-refractivity contribution is 7.80. The van der Waals surface area contributed by atoms with Gasteiger partial charge in [-0.25, -0.2) is 0 Å². The molecule has 3 heteroatoms. The van der Waals surface area contributed by atoms with Gasteiger partial charge in [0.25, 0.3) is 0 Å². The normalized spacial score (nSPS) is 10.1. The summed E-state index contributed by atoms with van der Waals surface area (Å²) in [6.07, 6.45) is 2.34. The highest BCUT2D eigenvalue weighted by Crippen LogP contribution is 2.19. The molecule has 0 bridgehead atoms. The fourth-order valence-electron chi connectivity index (χ4n) is 1.44. The van der Waals surface area contributed by atoms with Gasteiger partial charge in [0.2, 0.25) is 0 Å². The zero-order valence-corrected chi connectivity index (χ0v) is 10.3. The monoisotopic (exact) mass is 225 g/mol. The van der Waals surface area contributed by atoms with E-state index in [1.54, 1.807) is 7.11 Å². The Morgan fingerprint density at radius 1 is 1.33 bits per heavy atom. The Labute approximate surface area is 97.6 Å². The van der Waals surface area contributed by atoms with Crippen molar-refractivity contribution in [3.05, 3.63) is 24.3 Å². The number of anilines is 1. The maximum atomic E-state index is 5.19. The van der Waals surface area contributed by atoms with Crippen molar-refractivity contribution < 1.29 is 4.74 Å². The van der Waals surface area contributed by atoms with Crippen LogP contribution in [0.5, 0.6) is 5.75 Å². The summed E-state index contributed by atoms with van der Waals surface area (Å²) in [7, 11) is 3.80. The summed E-state index contributed by atoms with van der Waals surface area (Å²) in [4.78, 5) is 2.24. The highest BCUT2D eigenvalue weighted by atomic mass is 32.1. The Kier molecular flexibility index (Phi) is 5.40. The van der Waals surface area contributed by atoms with Gasteiger partial charge in [-0.05, 0) is 30.7 Å². The van der Waals surface area contributed by atoms with Crippen LogP contribution in [0.15, 0.2) is 24.3 Å². The van der Waals surface area contributed by atoms with E-state index in [1.165, 1.54) is 12.1 Å². The molecule has 0 heterocycles. The van der Waals surface area contributed by atoms with Crippen LogP contribution in [0.1, 0.15) is 12.8 Å². The van der Waals surface area contributed by atoms with Crippen molar-refractivity contribution >= 4 is 18.3 Å². The first-order chi connectivity index (χ1) is 7.27. The molecule has 0 aliphatic carbocycles. The molecule has 0 fully saturated rings. The van der Waals surface area contributed by atoms with Crippen LogP contribution in [0.25, 0.3) is 0 Å². The number of nitrogens with zero attached hydrogens (tertiary/aromatic N) is 1. The minimum absolute atomic E-state index is 0.911. The summed E-state index contributed by atoms with van der Waals surface area (Å²) >= 11 is 4.20. The third kappa shape index (κ3) is 4.04. The number of rotatable bonds is 6. The van der Waals surface area contributed by atoms with Gasteiger partial charge < -0.3 is 9.64 Å². The standard InChI is InChI=1S/C12H19NOS/c1-13(8-3-4-9-15)11-6-5-7-12(10-11)14-2/h5-7,10,15H,3-4,8-9H2,1-2H3. The summed E-state index contributed by atoms with van der Waals surface area (Å²) < 4.78 is 5.19. The predicted octanol–water partition coefficient (Wildman–Crippen LogP) is 2.84. The lowest BCUT2D eigenvalue weighted by molar-refractivity contribution is 0.415. The smallest absolute Gasteiger partial charge is 0.120 e. The molecule has 0 radical (unpaired) electrons. The summed E-state index contributed by atoms with van der Waals surface area (Å²) in [5.74, 6) is 1.87. The minimum atomic E-state index is 0.911. The van der Waals surface area contributed by atoms with Crippen molar-refractivity contribution in [2.75, 3.05) is 31.4 Å². The van der Waals surface area contributed by atoms with Gasteiger partial charge in [-0.1, -0.05) is 6.07 Å². The fourth-order valence-corrected chi connectivity index (χ4v) is 1.66. The first-order valence-corrected chi connectivity index (χ1v) is 5.87. The lowest BCUT2D eigenvalue weighted by Crippen LogP contribution is -2.18. The second-order valence-corrected chi connectivity index (χ2v) is 4.00. The van der Waals surface area contributed by atoms with Crippen LogP contribution >= 0.6 is 12.6 Å². The molecule has 0 saturated carbocycles. The lowest BCUT2D eigenvalue weighted by atomic mass is 10.2. The van der Waals surface area contributed by atoms with Crippen LogP contribution in [-0.2, 0) is 0 Å². The molecular weight excluding hydrogens is 206 g/mol. The number of ether oxygens (including phenoxy) is 1. The maximum absolute atomic E-state index is 5.19. The molecule has 15 heavy (non-hydrogen) atoms. The summed E-state index contributed by atoms with van der Waals surface area (Å²) in [6.45, 7) is 1.06. The van der Waals surface area contributed by atoms with Gasteiger partial charge in [0.05, 0.1) is 7.11 Å². The maximum Gasteiger partial charge on any atom is 0.120 e. The fraction of sp³-hybridized carbons (Fsp3) is 0.500. The van der Waals surface area contributed by atoms with E-state index in [0.29, 0.717) is 0 Å². The molecule has 1 aromatic carbocycles. The van der Waals surface area contributed by atoms with Crippen LogP contribution in [0, 0.1) is 0 Å². The lowest BCUT2D eigenvalue weighted by Gasteiger charge is -2.19. The molecule has 84 valence electrons. The van der Waals surface area contributed by atoms with E-state index in [-0.39, 0.29) is 0 Å². The van der Waals surface area contributed by atoms with Gasteiger partial charge in [0, 0.05) is 25.3 Å². The van der Waals surface area contributed by atoms with Gasteiger partial charge in [-0.15, -0.1) is 0 Å². The second-order valence-electron chi connectivity index (χ2n) is 3.55. The van der Waals surface area contributed by atoms with E-state index in [4.69, 9.17) is 4.74 Å². The van der Waals surface area contributed by atoms with Crippen molar-refractivity contribution in [2.24, 2.45) is 0 Å². The largest absolute Gasteiger partial charge is 0.497 e. The van der Waals surface area contributed by atoms with Gasteiger partial charge in [0.1, 0.15) is 5.75 Å². The van der Waals surface area contributed by atoms with Crippen molar-refractivity contribution in [1.82, 2.24) is 0 Å². The van der Waals surface area contributed by atoms with Crippen molar-refractivity contribution in [3.8, 4) is 5.75 Å². The topological polar surface area (TPSA) is 12.5 Å². The summed E-state index contributed by atoms with van der Waals surface area (Å²) in [5.41, 5.74) is 1.20. The zero-order valence-electron chi connectivity index (χ0n) is 9.44. The molecule has 1 aromatic rings. The molecule has 0 saturated heterocycles. The number of hydrogen-bond acceptors (Lipinski definition) is 3. The second kappa shape index (κ2) is 6.62. The number of unbranched alkanes of at least 4 members (excludes halogenated alkanes) is 1. The van der Waals surface area contributed by atoms with Gasteiger partial charge in [0.15, 0.2) is 0 Å².